The van der Waals surface area contributed by atoms with Crippen LogP contribution in [0.25, 0.3) is 0 Å². The molecule has 0 aromatic heterocycles. The zero-order valence-corrected chi connectivity index (χ0v) is 16.4. The summed E-state index contributed by atoms with van der Waals surface area (Å²) in [6.07, 6.45) is 0.397. The Bertz CT molecular complexity index is 589. The van der Waals surface area contributed by atoms with Crippen LogP contribution in [0.1, 0.15) is 33.3 Å². The van der Waals surface area contributed by atoms with E-state index in [9.17, 15) is 9.18 Å². The molecule has 1 aliphatic rings. The van der Waals surface area contributed by atoms with Crippen LogP contribution >= 0.6 is 15.9 Å². The average Bonchev–Trinajstić information content (AvgIpc) is 2.47. The van der Waals surface area contributed by atoms with E-state index in [1.807, 2.05) is 26.8 Å². The molecule has 1 aromatic rings. The Morgan fingerprint density at radius 3 is 2.71 bits per heavy atom. The highest BCUT2D eigenvalue weighted by Crippen LogP contribution is 2.18. The van der Waals surface area contributed by atoms with E-state index in [-0.39, 0.29) is 18.0 Å². The molecule has 0 N–H and O–H groups in total. The monoisotopic (exact) mass is 400 g/mol. The van der Waals surface area contributed by atoms with Crippen LogP contribution in [0.15, 0.2) is 22.7 Å². The molecule has 6 heteroatoms. The fraction of sp³-hybridized carbons (Fsp3) is 0.611. The van der Waals surface area contributed by atoms with Crippen LogP contribution in [0, 0.1) is 5.82 Å². The smallest absolute Gasteiger partial charge is 0.410 e. The predicted octanol–water partition coefficient (Wildman–Crippen LogP) is 4.07. The standard InChI is InChI=1S/C18H26BrFN2O2/c1-13-12-22(17(23)24-18(2,3)4)10-9-21(13)8-7-14-11-15(19)5-6-16(14)20/h5-6,11,13H,7-10,12H2,1-4H3/t13-/m1/s1. The summed E-state index contributed by atoms with van der Waals surface area (Å²) in [4.78, 5) is 16.2. The molecule has 0 unspecified atom stereocenters. The van der Waals surface area contributed by atoms with E-state index >= 15 is 0 Å². The maximum Gasteiger partial charge on any atom is 0.410 e. The van der Waals surface area contributed by atoms with Crippen LogP contribution in [-0.4, -0.2) is 53.7 Å². The van der Waals surface area contributed by atoms with E-state index in [4.69, 9.17) is 4.74 Å². The van der Waals surface area contributed by atoms with Gasteiger partial charge in [-0.05, 0) is 57.9 Å². The zero-order valence-electron chi connectivity index (χ0n) is 14.8. The number of piperazine rings is 1. The third-order valence-corrected chi connectivity index (χ3v) is 4.59. The number of carbonyl (C=O) groups excluding carboxylic acids is 1. The van der Waals surface area contributed by atoms with Crippen molar-refractivity contribution in [2.45, 2.75) is 45.8 Å². The van der Waals surface area contributed by atoms with Crippen LogP contribution in [0.4, 0.5) is 9.18 Å². The molecule has 1 heterocycles. The molecule has 2 rings (SSSR count). The van der Waals surface area contributed by atoms with Gasteiger partial charge < -0.3 is 9.64 Å². The Labute approximate surface area is 152 Å². The number of ether oxygens (including phenoxy) is 1. The molecule has 134 valence electrons. The lowest BCUT2D eigenvalue weighted by molar-refractivity contribution is 0.00596. The van der Waals surface area contributed by atoms with Gasteiger partial charge in [-0.1, -0.05) is 15.9 Å². The maximum absolute atomic E-state index is 13.8. The quantitative estimate of drug-likeness (QED) is 0.766. The lowest BCUT2D eigenvalue weighted by Gasteiger charge is -2.40. The van der Waals surface area contributed by atoms with Crippen molar-refractivity contribution >= 4 is 22.0 Å². The second-order valence-electron chi connectivity index (χ2n) is 7.30. The van der Waals surface area contributed by atoms with Crippen molar-refractivity contribution in [3.05, 3.63) is 34.1 Å². The second kappa shape index (κ2) is 7.83. The number of carbonyl (C=O) groups is 1. The van der Waals surface area contributed by atoms with E-state index in [0.29, 0.717) is 25.1 Å². The van der Waals surface area contributed by atoms with Gasteiger partial charge >= 0.3 is 6.09 Å². The van der Waals surface area contributed by atoms with Gasteiger partial charge in [0, 0.05) is 36.7 Å². The summed E-state index contributed by atoms with van der Waals surface area (Å²) in [6, 6.07) is 5.25. The number of amides is 1. The van der Waals surface area contributed by atoms with Gasteiger partial charge in [0.05, 0.1) is 0 Å². The van der Waals surface area contributed by atoms with Crippen molar-refractivity contribution in [2.75, 3.05) is 26.2 Å². The molecule has 1 aliphatic heterocycles. The van der Waals surface area contributed by atoms with Gasteiger partial charge in [0.1, 0.15) is 11.4 Å². The van der Waals surface area contributed by atoms with Gasteiger partial charge in [0.25, 0.3) is 0 Å². The van der Waals surface area contributed by atoms with E-state index < -0.39 is 5.60 Å². The van der Waals surface area contributed by atoms with Crippen molar-refractivity contribution in [3.8, 4) is 0 Å². The van der Waals surface area contributed by atoms with Crippen molar-refractivity contribution in [3.63, 3.8) is 0 Å². The van der Waals surface area contributed by atoms with Gasteiger partial charge in [0.15, 0.2) is 0 Å². The van der Waals surface area contributed by atoms with E-state index in [2.05, 4.69) is 27.8 Å². The Kier molecular flexibility index (Phi) is 6.26. The fourth-order valence-corrected chi connectivity index (χ4v) is 3.23. The number of rotatable bonds is 3. The van der Waals surface area contributed by atoms with Crippen LogP contribution in [-0.2, 0) is 11.2 Å². The SMILES string of the molecule is C[C@@H]1CN(C(=O)OC(C)(C)C)CCN1CCc1cc(Br)ccc1F. The van der Waals surface area contributed by atoms with Gasteiger partial charge in [0.2, 0.25) is 0 Å². The highest BCUT2D eigenvalue weighted by molar-refractivity contribution is 9.10. The molecule has 0 spiro atoms. The maximum atomic E-state index is 13.8. The first-order chi connectivity index (χ1) is 11.2. The van der Waals surface area contributed by atoms with E-state index in [0.717, 1.165) is 17.6 Å². The second-order valence-corrected chi connectivity index (χ2v) is 8.21. The first-order valence-corrected chi connectivity index (χ1v) is 9.11. The summed E-state index contributed by atoms with van der Waals surface area (Å²) < 4.78 is 20.2. The molecule has 1 fully saturated rings. The average molecular weight is 401 g/mol. The van der Waals surface area contributed by atoms with Crippen molar-refractivity contribution in [2.24, 2.45) is 0 Å². The topological polar surface area (TPSA) is 32.8 Å². The summed E-state index contributed by atoms with van der Waals surface area (Å²) in [7, 11) is 0. The van der Waals surface area contributed by atoms with Gasteiger partial charge in [-0.15, -0.1) is 0 Å². The predicted molar refractivity (Wildman–Crippen MR) is 96.6 cm³/mol. The molecular weight excluding hydrogens is 375 g/mol. The van der Waals surface area contributed by atoms with Gasteiger partial charge in [-0.2, -0.15) is 0 Å². The molecule has 24 heavy (non-hydrogen) atoms. The molecule has 1 atom stereocenters. The van der Waals surface area contributed by atoms with Crippen molar-refractivity contribution in [1.29, 1.82) is 0 Å². The third-order valence-electron chi connectivity index (χ3n) is 4.09. The summed E-state index contributed by atoms with van der Waals surface area (Å²) in [6.45, 7) is 10.5. The van der Waals surface area contributed by atoms with Crippen LogP contribution in [0.5, 0.6) is 0 Å². The Morgan fingerprint density at radius 2 is 2.08 bits per heavy atom. The zero-order chi connectivity index (χ0) is 17.9. The molecule has 0 saturated carbocycles. The number of hydrogen-bond acceptors (Lipinski definition) is 3. The van der Waals surface area contributed by atoms with Crippen molar-refractivity contribution < 1.29 is 13.9 Å². The fourth-order valence-electron chi connectivity index (χ4n) is 2.82. The molecular formula is C18H26BrFN2O2. The minimum Gasteiger partial charge on any atom is -0.444 e. The Balaban J connectivity index is 1.87. The highest BCUT2D eigenvalue weighted by Gasteiger charge is 2.29. The largest absolute Gasteiger partial charge is 0.444 e. The van der Waals surface area contributed by atoms with Crippen LogP contribution < -0.4 is 0 Å². The number of benzene rings is 1. The minimum absolute atomic E-state index is 0.168. The first kappa shape index (κ1) is 19.2. The van der Waals surface area contributed by atoms with E-state index in [1.54, 1.807) is 11.0 Å². The molecule has 0 aliphatic carbocycles. The molecule has 1 saturated heterocycles. The summed E-state index contributed by atoms with van der Waals surface area (Å²) >= 11 is 3.38. The molecule has 0 radical (unpaired) electrons. The molecule has 1 aromatic carbocycles. The number of nitrogens with zero attached hydrogens (tertiary/aromatic N) is 2. The third kappa shape index (κ3) is 5.45. The Hall–Kier alpha value is -1.14. The lowest BCUT2D eigenvalue weighted by atomic mass is 10.1. The normalized spacial score (nSPS) is 19.4. The lowest BCUT2D eigenvalue weighted by Crippen LogP contribution is -2.54. The first-order valence-electron chi connectivity index (χ1n) is 8.31. The van der Waals surface area contributed by atoms with Crippen LogP contribution in [0.3, 0.4) is 0 Å². The number of halogens is 2. The summed E-state index contributed by atoms with van der Waals surface area (Å²) in [5.74, 6) is -0.168. The number of hydrogen-bond donors (Lipinski definition) is 0. The van der Waals surface area contributed by atoms with Gasteiger partial charge in [-0.25, -0.2) is 9.18 Å². The highest BCUT2D eigenvalue weighted by atomic mass is 79.9. The minimum atomic E-state index is -0.477. The molecule has 4 nitrogen and oxygen atoms in total. The summed E-state index contributed by atoms with van der Waals surface area (Å²) in [5, 5.41) is 0. The molecule has 0 bridgehead atoms. The van der Waals surface area contributed by atoms with Gasteiger partial charge in [-0.3, -0.25) is 4.90 Å². The van der Waals surface area contributed by atoms with Crippen LogP contribution in [0.2, 0.25) is 0 Å². The van der Waals surface area contributed by atoms with Crippen molar-refractivity contribution in [1.82, 2.24) is 9.80 Å². The molecule has 1 amide bonds. The summed E-state index contributed by atoms with van der Waals surface area (Å²) in [5.41, 5.74) is 0.238. The Morgan fingerprint density at radius 1 is 1.38 bits per heavy atom. The van der Waals surface area contributed by atoms with E-state index in [1.165, 1.54) is 6.07 Å².